The van der Waals surface area contributed by atoms with E-state index >= 15 is 0 Å². The average Bonchev–Trinajstić information content (AvgIpc) is 3.35. The van der Waals surface area contributed by atoms with Crippen molar-refractivity contribution in [3.8, 4) is 11.3 Å². The first-order chi connectivity index (χ1) is 18.4. The third-order valence-electron chi connectivity index (χ3n) is 8.71. The number of carbonyl (C=O) groups is 2. The lowest BCUT2D eigenvalue weighted by Gasteiger charge is -2.56. The molecule has 2 saturated heterocycles. The normalized spacial score (nSPS) is 20.2. The number of benzene rings is 1. The van der Waals surface area contributed by atoms with Crippen molar-refractivity contribution in [1.82, 2.24) is 24.8 Å². The fourth-order valence-electron chi connectivity index (χ4n) is 6.36. The molecule has 2 aliphatic heterocycles. The zero-order chi connectivity index (χ0) is 26.3. The van der Waals surface area contributed by atoms with Crippen LogP contribution in [0.4, 0.5) is 0 Å². The summed E-state index contributed by atoms with van der Waals surface area (Å²) in [7, 11) is 0. The molecule has 196 valence electrons. The number of fused-ring (bicyclic) bond motifs is 1. The lowest BCUT2D eigenvalue weighted by atomic mass is 9.71. The quantitative estimate of drug-likeness (QED) is 0.545. The van der Waals surface area contributed by atoms with E-state index in [4.69, 9.17) is 5.73 Å². The first-order valence-electron chi connectivity index (χ1n) is 13.6. The number of piperidine rings is 1. The highest BCUT2D eigenvalue weighted by molar-refractivity contribution is 5.90. The Hall–Kier alpha value is -3.65. The Morgan fingerprint density at radius 3 is 2.50 bits per heavy atom. The van der Waals surface area contributed by atoms with Crippen LogP contribution in [0.2, 0.25) is 0 Å². The molecule has 0 bridgehead atoms. The summed E-state index contributed by atoms with van der Waals surface area (Å²) in [6.07, 6.45) is 10.6. The molecule has 1 spiro atoms. The Morgan fingerprint density at radius 1 is 1.03 bits per heavy atom. The van der Waals surface area contributed by atoms with Crippen molar-refractivity contribution in [2.24, 2.45) is 11.1 Å². The zero-order valence-electron chi connectivity index (χ0n) is 21.9. The number of aryl methyl sites for hydroxylation is 2. The van der Waals surface area contributed by atoms with Crippen LogP contribution in [0.5, 0.6) is 0 Å². The van der Waals surface area contributed by atoms with Gasteiger partial charge in [0.1, 0.15) is 5.69 Å². The maximum atomic E-state index is 12.9. The van der Waals surface area contributed by atoms with Gasteiger partial charge in [0.15, 0.2) is 0 Å². The van der Waals surface area contributed by atoms with Gasteiger partial charge >= 0.3 is 0 Å². The second kappa shape index (κ2) is 9.91. The molecule has 1 aromatic carbocycles. The summed E-state index contributed by atoms with van der Waals surface area (Å²) in [5.41, 5.74) is 12.4. The Balaban J connectivity index is 1.03. The molecule has 2 aromatic heterocycles. The van der Waals surface area contributed by atoms with Crippen molar-refractivity contribution in [2.75, 3.05) is 26.2 Å². The Kier molecular flexibility index (Phi) is 6.43. The number of likely N-dealkylation sites (tertiary alicyclic amines) is 2. The average molecular weight is 511 g/mol. The van der Waals surface area contributed by atoms with E-state index in [-0.39, 0.29) is 11.6 Å². The molecule has 3 aromatic rings. The molecule has 0 saturated carbocycles. The van der Waals surface area contributed by atoms with E-state index in [1.165, 1.54) is 22.9 Å². The van der Waals surface area contributed by atoms with Crippen LogP contribution >= 0.6 is 0 Å². The van der Waals surface area contributed by atoms with Crippen molar-refractivity contribution >= 4 is 11.8 Å². The van der Waals surface area contributed by atoms with E-state index in [2.05, 4.69) is 51.0 Å². The first-order valence-corrected chi connectivity index (χ1v) is 13.6. The molecule has 8 nitrogen and oxygen atoms in total. The van der Waals surface area contributed by atoms with Gasteiger partial charge in [0.05, 0.1) is 24.5 Å². The summed E-state index contributed by atoms with van der Waals surface area (Å²) in [6.45, 7) is 6.03. The van der Waals surface area contributed by atoms with E-state index in [9.17, 15) is 9.59 Å². The second-order valence-corrected chi connectivity index (χ2v) is 11.1. The van der Waals surface area contributed by atoms with Gasteiger partial charge in [0.2, 0.25) is 5.91 Å². The van der Waals surface area contributed by atoms with E-state index in [0.29, 0.717) is 17.9 Å². The highest BCUT2D eigenvalue weighted by Gasteiger charge is 2.48. The Bertz CT molecular complexity index is 1340. The van der Waals surface area contributed by atoms with E-state index in [0.717, 1.165) is 75.2 Å². The number of hydrogen-bond acceptors (Lipinski definition) is 6. The lowest BCUT2D eigenvalue weighted by molar-refractivity contribution is -0.136. The minimum Gasteiger partial charge on any atom is -0.364 e. The molecule has 38 heavy (non-hydrogen) atoms. The highest BCUT2D eigenvalue weighted by atomic mass is 16.2. The lowest BCUT2D eigenvalue weighted by Crippen LogP contribution is -2.61. The number of pyridine rings is 1. The van der Waals surface area contributed by atoms with Crippen molar-refractivity contribution in [3.63, 3.8) is 0 Å². The summed E-state index contributed by atoms with van der Waals surface area (Å²) in [4.78, 5) is 41.8. The van der Waals surface area contributed by atoms with Gasteiger partial charge in [-0.25, -0.2) is 4.98 Å². The second-order valence-electron chi connectivity index (χ2n) is 11.1. The smallest absolute Gasteiger partial charge is 0.268 e. The van der Waals surface area contributed by atoms with Gasteiger partial charge < -0.3 is 10.6 Å². The minimum absolute atomic E-state index is 0.176. The van der Waals surface area contributed by atoms with Crippen LogP contribution in [0.3, 0.4) is 0 Å². The first kappa shape index (κ1) is 24.7. The van der Waals surface area contributed by atoms with Gasteiger partial charge in [0.25, 0.3) is 5.91 Å². The predicted octanol–water partition coefficient (Wildman–Crippen LogP) is 3.35. The summed E-state index contributed by atoms with van der Waals surface area (Å²) < 4.78 is 0. The number of amides is 2. The van der Waals surface area contributed by atoms with E-state index in [1.54, 1.807) is 6.20 Å². The van der Waals surface area contributed by atoms with Gasteiger partial charge in [-0.2, -0.15) is 0 Å². The molecular formula is C30H34N6O2. The van der Waals surface area contributed by atoms with Crippen LogP contribution in [0.25, 0.3) is 11.3 Å². The molecule has 2 N–H and O–H groups in total. The number of aromatic nitrogens is 3. The molecule has 6 rings (SSSR count). The topological polar surface area (TPSA) is 105 Å². The van der Waals surface area contributed by atoms with Crippen LogP contribution in [-0.4, -0.2) is 62.7 Å². The maximum absolute atomic E-state index is 12.9. The largest absolute Gasteiger partial charge is 0.364 e. The minimum atomic E-state index is -0.569. The number of hydrogen-bond donors (Lipinski definition) is 1. The van der Waals surface area contributed by atoms with Gasteiger partial charge in [-0.15, -0.1) is 0 Å². The van der Waals surface area contributed by atoms with Gasteiger partial charge in [-0.05, 0) is 66.3 Å². The fourth-order valence-corrected chi connectivity index (χ4v) is 6.36. The zero-order valence-corrected chi connectivity index (χ0v) is 21.9. The Morgan fingerprint density at radius 2 is 1.84 bits per heavy atom. The predicted molar refractivity (Wildman–Crippen MR) is 144 cm³/mol. The molecule has 1 unspecified atom stereocenters. The molecular weight excluding hydrogens is 476 g/mol. The highest BCUT2D eigenvalue weighted by Crippen LogP contribution is 2.48. The van der Waals surface area contributed by atoms with Gasteiger partial charge in [0, 0.05) is 49.7 Å². The molecule has 4 heterocycles. The third-order valence-corrected chi connectivity index (χ3v) is 8.71. The third kappa shape index (κ3) is 4.69. The van der Waals surface area contributed by atoms with Crippen molar-refractivity contribution in [3.05, 3.63) is 77.0 Å². The summed E-state index contributed by atoms with van der Waals surface area (Å²) in [6, 6.07) is 11.1. The standard InChI is InChI=1S/C30H34N6O2/c1-2-20-3-6-23(32-15-20)14-28(37)35-11-9-30(10-12-35)18-36(19-30)27-8-5-21-13-22(4-7-24(21)27)25-16-34-26(17-33-25)29(31)38/h3-4,6-7,13,15-17,27H,2,5,8-12,14,18-19H2,1H3,(H2,31,38). The molecule has 1 atom stereocenters. The molecule has 2 fully saturated rings. The number of carbonyl (C=O) groups excluding carboxylic acids is 2. The summed E-state index contributed by atoms with van der Waals surface area (Å²) >= 11 is 0. The van der Waals surface area contributed by atoms with Crippen LogP contribution in [-0.2, 0) is 24.1 Å². The molecule has 1 aliphatic carbocycles. The SMILES string of the molecule is CCc1ccc(CC(=O)N2CCC3(CC2)CN(C2CCc4cc(-c5cnc(C(N)=O)cn5)ccc42)C3)nc1. The van der Waals surface area contributed by atoms with E-state index in [1.807, 2.05) is 17.2 Å². The molecule has 8 heteroatoms. The summed E-state index contributed by atoms with van der Waals surface area (Å²) in [5.74, 6) is -0.373. The Labute approximate surface area is 223 Å². The number of primary amides is 1. The van der Waals surface area contributed by atoms with E-state index < -0.39 is 5.91 Å². The fraction of sp³-hybridized carbons (Fsp3) is 0.433. The van der Waals surface area contributed by atoms with Gasteiger partial charge in [-0.1, -0.05) is 25.1 Å². The van der Waals surface area contributed by atoms with Crippen molar-refractivity contribution in [1.29, 1.82) is 0 Å². The number of rotatable bonds is 6. The van der Waals surface area contributed by atoms with Gasteiger partial charge in [-0.3, -0.25) is 24.5 Å². The monoisotopic (exact) mass is 510 g/mol. The van der Waals surface area contributed by atoms with Crippen molar-refractivity contribution < 1.29 is 9.59 Å². The molecule has 0 radical (unpaired) electrons. The van der Waals surface area contributed by atoms with Crippen LogP contribution in [0.1, 0.15) is 65.1 Å². The summed E-state index contributed by atoms with van der Waals surface area (Å²) in [5, 5.41) is 0. The molecule has 3 aliphatic rings. The van der Waals surface area contributed by atoms with Crippen LogP contribution < -0.4 is 5.73 Å². The molecule has 2 amide bonds. The van der Waals surface area contributed by atoms with Crippen molar-refractivity contribution in [2.45, 2.75) is 51.5 Å². The maximum Gasteiger partial charge on any atom is 0.268 e. The van der Waals surface area contributed by atoms with Crippen LogP contribution in [0, 0.1) is 5.41 Å². The van der Waals surface area contributed by atoms with Crippen LogP contribution in [0.15, 0.2) is 48.9 Å². The number of nitrogens with zero attached hydrogens (tertiary/aromatic N) is 5. The number of nitrogens with two attached hydrogens (primary N) is 1.